The Morgan fingerprint density at radius 1 is 1.04 bits per heavy atom. The summed E-state index contributed by atoms with van der Waals surface area (Å²) in [5, 5.41) is 2.72. The van der Waals surface area contributed by atoms with Gasteiger partial charge in [-0.1, -0.05) is 28.8 Å². The van der Waals surface area contributed by atoms with Crippen LogP contribution >= 0.6 is 15.9 Å². The van der Waals surface area contributed by atoms with Crippen LogP contribution in [0, 0.1) is 0 Å². The summed E-state index contributed by atoms with van der Waals surface area (Å²) < 4.78 is 33.8. The molecule has 8 heteroatoms. The minimum absolute atomic E-state index is 0.0215. The first-order valence-corrected chi connectivity index (χ1v) is 11.0. The molecular formula is C19H21BrN2O4S. The fraction of sp³-hybridized carbons (Fsp3) is 0.316. The lowest BCUT2D eigenvalue weighted by Crippen LogP contribution is -2.32. The van der Waals surface area contributed by atoms with Gasteiger partial charge in [0, 0.05) is 16.2 Å². The smallest absolute Gasteiger partial charge is 0.262 e. The van der Waals surface area contributed by atoms with Gasteiger partial charge in [0.15, 0.2) is 6.61 Å². The van der Waals surface area contributed by atoms with Crippen molar-refractivity contribution in [3.8, 4) is 5.75 Å². The number of ether oxygens (including phenoxy) is 1. The van der Waals surface area contributed by atoms with E-state index in [-0.39, 0.29) is 23.5 Å². The number of halogens is 1. The molecule has 6 nitrogen and oxygen atoms in total. The molecule has 0 aliphatic heterocycles. The van der Waals surface area contributed by atoms with Crippen molar-refractivity contribution in [1.29, 1.82) is 0 Å². The summed E-state index contributed by atoms with van der Waals surface area (Å²) in [7, 11) is -3.52. The lowest BCUT2D eigenvalue weighted by molar-refractivity contribution is -0.118. The number of nitrogens with one attached hydrogen (secondary N) is 2. The first kappa shape index (κ1) is 19.9. The number of amides is 1. The summed E-state index contributed by atoms with van der Waals surface area (Å²) in [6.07, 6.45) is 3.88. The average molecular weight is 453 g/mol. The van der Waals surface area contributed by atoms with Gasteiger partial charge in [0.25, 0.3) is 5.91 Å². The molecule has 0 bridgehead atoms. The zero-order valence-corrected chi connectivity index (χ0v) is 17.1. The topological polar surface area (TPSA) is 84.5 Å². The quantitative estimate of drug-likeness (QED) is 0.670. The molecule has 0 heterocycles. The van der Waals surface area contributed by atoms with Gasteiger partial charge in [0.05, 0.1) is 4.90 Å². The lowest BCUT2D eigenvalue weighted by atomic mass is 10.3. The van der Waals surface area contributed by atoms with Crippen LogP contribution in [0.25, 0.3) is 0 Å². The number of hydrogen-bond donors (Lipinski definition) is 2. The fourth-order valence-corrected chi connectivity index (χ4v) is 4.49. The van der Waals surface area contributed by atoms with Crippen molar-refractivity contribution in [2.75, 3.05) is 11.9 Å². The molecule has 3 rings (SSSR count). The molecule has 2 aromatic carbocycles. The number of carbonyl (C=O) groups is 1. The van der Waals surface area contributed by atoms with Gasteiger partial charge >= 0.3 is 0 Å². The molecule has 2 aromatic rings. The van der Waals surface area contributed by atoms with E-state index >= 15 is 0 Å². The summed E-state index contributed by atoms with van der Waals surface area (Å²) >= 11 is 3.33. The van der Waals surface area contributed by atoms with Crippen LogP contribution in [0.1, 0.15) is 25.7 Å². The molecule has 0 spiro atoms. The number of hydrogen-bond acceptors (Lipinski definition) is 4. The van der Waals surface area contributed by atoms with Crippen LogP contribution in [-0.4, -0.2) is 27.0 Å². The van der Waals surface area contributed by atoms with E-state index in [9.17, 15) is 13.2 Å². The van der Waals surface area contributed by atoms with Crippen LogP contribution in [0.3, 0.4) is 0 Å². The van der Waals surface area contributed by atoms with Gasteiger partial charge in [-0.05, 0) is 61.4 Å². The van der Waals surface area contributed by atoms with Crippen LogP contribution in [-0.2, 0) is 14.8 Å². The van der Waals surface area contributed by atoms with Gasteiger partial charge in [0.1, 0.15) is 5.75 Å². The maximum atomic E-state index is 12.4. The van der Waals surface area contributed by atoms with Gasteiger partial charge < -0.3 is 10.1 Å². The Labute approximate surface area is 167 Å². The fourth-order valence-electron chi connectivity index (χ4n) is 2.93. The van der Waals surface area contributed by atoms with Gasteiger partial charge in [-0.15, -0.1) is 0 Å². The maximum Gasteiger partial charge on any atom is 0.262 e. The Morgan fingerprint density at radius 3 is 2.30 bits per heavy atom. The first-order chi connectivity index (χ1) is 12.9. The molecule has 2 N–H and O–H groups in total. The van der Waals surface area contributed by atoms with E-state index in [1.807, 2.05) is 12.1 Å². The Hall–Kier alpha value is -1.90. The highest BCUT2D eigenvalue weighted by Crippen LogP contribution is 2.21. The second kappa shape index (κ2) is 8.86. The molecule has 0 unspecified atom stereocenters. The highest BCUT2D eigenvalue weighted by Gasteiger charge is 2.22. The van der Waals surface area contributed by atoms with Gasteiger partial charge in [-0.3, -0.25) is 4.79 Å². The van der Waals surface area contributed by atoms with E-state index in [1.165, 1.54) is 12.1 Å². The van der Waals surface area contributed by atoms with Crippen molar-refractivity contribution >= 4 is 37.5 Å². The number of rotatable bonds is 7. The van der Waals surface area contributed by atoms with Crippen LogP contribution in [0.2, 0.25) is 0 Å². The van der Waals surface area contributed by atoms with Gasteiger partial charge in [-0.2, -0.15) is 0 Å². The summed E-state index contributed by atoms with van der Waals surface area (Å²) in [5.41, 5.74) is 0.672. The zero-order valence-electron chi connectivity index (χ0n) is 14.7. The average Bonchev–Trinajstić information content (AvgIpc) is 3.14. The zero-order chi connectivity index (χ0) is 19.3. The minimum Gasteiger partial charge on any atom is -0.484 e. The maximum absolute atomic E-state index is 12.4. The molecule has 1 fully saturated rings. The van der Waals surface area contributed by atoms with Crippen LogP contribution in [0.15, 0.2) is 57.9 Å². The van der Waals surface area contributed by atoms with Crippen molar-refractivity contribution in [3.05, 3.63) is 53.0 Å². The second-order valence-corrected chi connectivity index (χ2v) is 9.05. The molecule has 0 saturated heterocycles. The minimum atomic E-state index is -3.52. The third-order valence-corrected chi connectivity index (χ3v) is 6.37. The highest BCUT2D eigenvalue weighted by atomic mass is 79.9. The summed E-state index contributed by atoms with van der Waals surface area (Å²) in [6.45, 7) is -0.164. The normalized spacial score (nSPS) is 14.9. The summed E-state index contributed by atoms with van der Waals surface area (Å²) in [5.74, 6) is 0.137. The molecule has 144 valence electrons. The number of sulfonamides is 1. The standard InChI is InChI=1S/C19H21BrN2O4S/c20-14-5-7-15(8-6-14)21-19(23)13-26-17-9-11-18(12-10-17)27(24,25)22-16-3-1-2-4-16/h5-12,16,22H,1-4,13H2,(H,21,23). The number of anilines is 1. The summed E-state index contributed by atoms with van der Waals surface area (Å²) in [6, 6.07) is 13.3. The number of carbonyl (C=O) groups excluding carboxylic acids is 1. The van der Waals surface area contributed by atoms with E-state index < -0.39 is 10.0 Å². The predicted molar refractivity (Wildman–Crippen MR) is 107 cm³/mol. The van der Waals surface area contributed by atoms with Gasteiger partial charge in [0.2, 0.25) is 10.0 Å². The van der Waals surface area contributed by atoms with Crippen LogP contribution in [0.4, 0.5) is 5.69 Å². The molecule has 1 aliphatic carbocycles. The molecule has 27 heavy (non-hydrogen) atoms. The third-order valence-electron chi connectivity index (χ3n) is 4.31. The molecule has 0 aromatic heterocycles. The predicted octanol–water partition coefficient (Wildman–Crippen LogP) is 3.69. The second-order valence-electron chi connectivity index (χ2n) is 6.42. The monoisotopic (exact) mass is 452 g/mol. The van der Waals surface area contributed by atoms with Crippen molar-refractivity contribution in [1.82, 2.24) is 4.72 Å². The highest BCUT2D eigenvalue weighted by molar-refractivity contribution is 9.10. The Balaban J connectivity index is 1.52. The largest absolute Gasteiger partial charge is 0.484 e. The van der Waals surface area contributed by atoms with E-state index in [0.717, 1.165) is 30.2 Å². The molecule has 1 aliphatic rings. The van der Waals surface area contributed by atoms with E-state index in [2.05, 4.69) is 26.0 Å². The molecule has 1 amide bonds. The molecule has 0 radical (unpaired) electrons. The molecule has 0 atom stereocenters. The third kappa shape index (κ3) is 5.79. The van der Waals surface area contributed by atoms with Crippen molar-refractivity contribution in [3.63, 3.8) is 0 Å². The van der Waals surface area contributed by atoms with Crippen LogP contribution in [0.5, 0.6) is 5.75 Å². The number of benzene rings is 2. The Morgan fingerprint density at radius 2 is 1.67 bits per heavy atom. The first-order valence-electron chi connectivity index (χ1n) is 8.73. The van der Waals surface area contributed by atoms with Crippen molar-refractivity contribution < 1.29 is 17.9 Å². The van der Waals surface area contributed by atoms with E-state index in [1.54, 1.807) is 24.3 Å². The van der Waals surface area contributed by atoms with Gasteiger partial charge in [-0.25, -0.2) is 13.1 Å². The van der Waals surface area contributed by atoms with Crippen molar-refractivity contribution in [2.45, 2.75) is 36.6 Å². The Kier molecular flexibility index (Phi) is 6.51. The Bertz CT molecular complexity index is 877. The lowest BCUT2D eigenvalue weighted by Gasteiger charge is -2.13. The van der Waals surface area contributed by atoms with E-state index in [4.69, 9.17) is 4.74 Å². The molecular weight excluding hydrogens is 432 g/mol. The van der Waals surface area contributed by atoms with E-state index in [0.29, 0.717) is 11.4 Å². The van der Waals surface area contributed by atoms with Crippen LogP contribution < -0.4 is 14.8 Å². The SMILES string of the molecule is O=C(COc1ccc(S(=O)(=O)NC2CCCC2)cc1)Nc1ccc(Br)cc1. The summed E-state index contributed by atoms with van der Waals surface area (Å²) in [4.78, 5) is 12.1. The van der Waals surface area contributed by atoms with Crippen molar-refractivity contribution in [2.24, 2.45) is 0 Å². The molecule has 1 saturated carbocycles.